The largest absolute Gasteiger partial charge is 0.379 e. The number of ether oxygens (including phenoxy) is 1. The zero-order chi connectivity index (χ0) is 15.5. The minimum atomic E-state index is -0.0568. The molecule has 120 valence electrons. The molecule has 2 N–H and O–H groups in total. The van der Waals surface area contributed by atoms with Gasteiger partial charge in [0.25, 0.3) is 0 Å². The van der Waals surface area contributed by atoms with Crippen LogP contribution < -0.4 is 10.6 Å². The molecule has 0 spiro atoms. The zero-order valence-corrected chi connectivity index (χ0v) is 13.5. The quantitative estimate of drug-likeness (QED) is 0.902. The highest BCUT2D eigenvalue weighted by Crippen LogP contribution is 2.32. The van der Waals surface area contributed by atoms with Gasteiger partial charge in [0.15, 0.2) is 0 Å². The molecule has 4 heteroatoms. The number of benzene rings is 1. The van der Waals surface area contributed by atoms with Crippen LogP contribution in [-0.2, 0) is 11.2 Å². The molecule has 0 saturated heterocycles. The van der Waals surface area contributed by atoms with Crippen molar-refractivity contribution >= 4 is 6.03 Å². The maximum Gasteiger partial charge on any atom is 0.315 e. The third kappa shape index (κ3) is 3.12. The molecule has 2 amide bonds. The molecular formula is C18H26N2O2. The highest BCUT2D eigenvalue weighted by Gasteiger charge is 2.31. The predicted octanol–water partition coefficient (Wildman–Crippen LogP) is 2.97. The Kier molecular flexibility index (Phi) is 4.67. The zero-order valence-electron chi connectivity index (χ0n) is 13.5. The normalized spacial score (nSPS) is 30.6. The summed E-state index contributed by atoms with van der Waals surface area (Å²) in [4.78, 5) is 12.3. The topological polar surface area (TPSA) is 50.4 Å². The standard InChI is InChI=1S/C18H26N2O2/c1-12-14-8-4-3-7-13(14)11-16(12)20-18(21)19-15-9-5-6-10-17(15)22-2/h3-4,7-8,12,15-17H,5-6,9-11H2,1-2H3,(H2,19,20,21)/t12-,15-,16+,17-/m0/s1. The van der Waals surface area contributed by atoms with Crippen LogP contribution in [0.15, 0.2) is 24.3 Å². The lowest BCUT2D eigenvalue weighted by atomic mass is 9.92. The Balaban J connectivity index is 1.57. The van der Waals surface area contributed by atoms with Crippen molar-refractivity contribution in [1.29, 1.82) is 0 Å². The molecule has 0 bridgehead atoms. The summed E-state index contributed by atoms with van der Waals surface area (Å²) >= 11 is 0. The first kappa shape index (κ1) is 15.3. The van der Waals surface area contributed by atoms with Crippen molar-refractivity contribution in [2.24, 2.45) is 0 Å². The van der Waals surface area contributed by atoms with Crippen molar-refractivity contribution in [3.8, 4) is 0 Å². The van der Waals surface area contributed by atoms with E-state index in [-0.39, 0.29) is 24.2 Å². The molecule has 0 heterocycles. The molecule has 0 aliphatic heterocycles. The summed E-state index contributed by atoms with van der Waals surface area (Å²) in [7, 11) is 1.73. The van der Waals surface area contributed by atoms with Crippen LogP contribution in [0.25, 0.3) is 0 Å². The molecule has 4 atom stereocenters. The van der Waals surface area contributed by atoms with E-state index in [0.717, 1.165) is 25.7 Å². The number of hydrogen-bond acceptors (Lipinski definition) is 2. The molecule has 0 radical (unpaired) electrons. The smallest absolute Gasteiger partial charge is 0.315 e. The monoisotopic (exact) mass is 302 g/mol. The number of carbonyl (C=O) groups excluding carboxylic acids is 1. The van der Waals surface area contributed by atoms with E-state index < -0.39 is 0 Å². The molecule has 22 heavy (non-hydrogen) atoms. The average Bonchev–Trinajstić information content (AvgIpc) is 2.84. The van der Waals surface area contributed by atoms with Gasteiger partial charge in [-0.2, -0.15) is 0 Å². The van der Waals surface area contributed by atoms with Gasteiger partial charge in [0.05, 0.1) is 12.1 Å². The van der Waals surface area contributed by atoms with E-state index in [4.69, 9.17) is 4.74 Å². The second kappa shape index (κ2) is 6.69. The van der Waals surface area contributed by atoms with Crippen LogP contribution in [-0.4, -0.2) is 31.3 Å². The Morgan fingerprint density at radius 3 is 2.64 bits per heavy atom. The van der Waals surface area contributed by atoms with Crippen LogP contribution in [0.2, 0.25) is 0 Å². The van der Waals surface area contributed by atoms with E-state index in [0.29, 0.717) is 5.92 Å². The van der Waals surface area contributed by atoms with Gasteiger partial charge < -0.3 is 15.4 Å². The molecule has 1 saturated carbocycles. The van der Waals surface area contributed by atoms with Crippen LogP contribution >= 0.6 is 0 Å². The van der Waals surface area contributed by atoms with Crippen molar-refractivity contribution in [2.75, 3.05) is 7.11 Å². The van der Waals surface area contributed by atoms with Crippen LogP contribution in [0.5, 0.6) is 0 Å². The van der Waals surface area contributed by atoms with Gasteiger partial charge in [-0.3, -0.25) is 0 Å². The maximum absolute atomic E-state index is 12.3. The summed E-state index contributed by atoms with van der Waals surface area (Å²) < 4.78 is 5.50. The molecule has 1 fully saturated rings. The Labute approximate surface area is 132 Å². The Morgan fingerprint density at radius 1 is 1.14 bits per heavy atom. The highest BCUT2D eigenvalue weighted by molar-refractivity contribution is 5.75. The predicted molar refractivity (Wildman–Crippen MR) is 87.1 cm³/mol. The molecular weight excluding hydrogens is 276 g/mol. The third-order valence-electron chi connectivity index (χ3n) is 5.23. The number of nitrogens with one attached hydrogen (secondary N) is 2. The van der Waals surface area contributed by atoms with Crippen LogP contribution in [0.4, 0.5) is 4.79 Å². The van der Waals surface area contributed by atoms with Gasteiger partial charge in [0, 0.05) is 19.1 Å². The van der Waals surface area contributed by atoms with Gasteiger partial charge in [0.1, 0.15) is 0 Å². The van der Waals surface area contributed by atoms with Crippen LogP contribution in [0, 0.1) is 0 Å². The Bertz CT molecular complexity index is 532. The van der Waals surface area contributed by atoms with E-state index in [1.165, 1.54) is 17.5 Å². The Morgan fingerprint density at radius 2 is 1.86 bits per heavy atom. The summed E-state index contributed by atoms with van der Waals surface area (Å²) in [5, 5.41) is 6.28. The molecule has 2 aliphatic rings. The molecule has 1 aromatic rings. The second-order valence-corrected chi connectivity index (χ2v) is 6.58. The fourth-order valence-electron chi connectivity index (χ4n) is 3.89. The number of amides is 2. The van der Waals surface area contributed by atoms with Crippen molar-refractivity contribution in [1.82, 2.24) is 10.6 Å². The van der Waals surface area contributed by atoms with E-state index >= 15 is 0 Å². The summed E-state index contributed by atoms with van der Waals surface area (Å²) in [6, 6.07) is 8.73. The van der Waals surface area contributed by atoms with E-state index in [9.17, 15) is 4.79 Å². The number of urea groups is 1. The van der Waals surface area contributed by atoms with Crippen LogP contribution in [0.3, 0.4) is 0 Å². The molecule has 2 aliphatic carbocycles. The number of carbonyl (C=O) groups is 1. The minimum Gasteiger partial charge on any atom is -0.379 e. The number of hydrogen-bond donors (Lipinski definition) is 2. The summed E-state index contributed by atoms with van der Waals surface area (Å²) in [6.07, 6.45) is 5.46. The first-order valence-corrected chi connectivity index (χ1v) is 8.36. The Hall–Kier alpha value is -1.55. The lowest BCUT2D eigenvalue weighted by Crippen LogP contribution is -2.52. The first-order valence-electron chi connectivity index (χ1n) is 8.36. The van der Waals surface area contributed by atoms with Crippen LogP contribution in [0.1, 0.15) is 49.7 Å². The van der Waals surface area contributed by atoms with Crippen molar-refractivity contribution < 1.29 is 9.53 Å². The molecule has 0 unspecified atom stereocenters. The summed E-state index contributed by atoms with van der Waals surface area (Å²) in [5.41, 5.74) is 2.72. The SMILES string of the molecule is CO[C@H]1CCCC[C@@H]1NC(=O)N[C@@H]1Cc2ccccc2[C@@H]1C. The van der Waals surface area contributed by atoms with Gasteiger partial charge in [0.2, 0.25) is 0 Å². The van der Waals surface area contributed by atoms with E-state index in [2.05, 4.69) is 41.8 Å². The maximum atomic E-state index is 12.3. The molecule has 0 aromatic heterocycles. The fraction of sp³-hybridized carbons (Fsp3) is 0.611. The number of rotatable bonds is 3. The van der Waals surface area contributed by atoms with Gasteiger partial charge in [-0.15, -0.1) is 0 Å². The first-order chi connectivity index (χ1) is 10.7. The van der Waals surface area contributed by atoms with Crippen molar-refractivity contribution in [3.05, 3.63) is 35.4 Å². The second-order valence-electron chi connectivity index (χ2n) is 6.58. The fourth-order valence-corrected chi connectivity index (χ4v) is 3.89. The summed E-state index contributed by atoms with van der Waals surface area (Å²) in [6.45, 7) is 2.19. The highest BCUT2D eigenvalue weighted by atomic mass is 16.5. The minimum absolute atomic E-state index is 0.0568. The van der Waals surface area contributed by atoms with E-state index in [1.807, 2.05) is 0 Å². The summed E-state index contributed by atoms with van der Waals surface area (Å²) in [5.74, 6) is 0.367. The van der Waals surface area contributed by atoms with Gasteiger partial charge in [-0.1, -0.05) is 44.0 Å². The van der Waals surface area contributed by atoms with Gasteiger partial charge in [-0.05, 0) is 30.4 Å². The van der Waals surface area contributed by atoms with Gasteiger partial charge >= 0.3 is 6.03 Å². The molecule has 3 rings (SSSR count). The molecule has 4 nitrogen and oxygen atoms in total. The molecule has 1 aromatic carbocycles. The lowest BCUT2D eigenvalue weighted by molar-refractivity contribution is 0.0450. The van der Waals surface area contributed by atoms with Crippen molar-refractivity contribution in [3.63, 3.8) is 0 Å². The number of methoxy groups -OCH3 is 1. The lowest BCUT2D eigenvalue weighted by Gasteiger charge is -2.31. The van der Waals surface area contributed by atoms with E-state index in [1.54, 1.807) is 7.11 Å². The average molecular weight is 302 g/mol. The van der Waals surface area contributed by atoms with Gasteiger partial charge in [-0.25, -0.2) is 4.79 Å². The number of fused-ring (bicyclic) bond motifs is 1. The third-order valence-corrected chi connectivity index (χ3v) is 5.23. The van der Waals surface area contributed by atoms with Crippen molar-refractivity contribution in [2.45, 2.75) is 63.1 Å².